The minimum absolute atomic E-state index is 0.162. The van der Waals surface area contributed by atoms with Gasteiger partial charge in [0, 0.05) is 47.3 Å². The van der Waals surface area contributed by atoms with Gasteiger partial charge in [-0.1, -0.05) is 23.2 Å². The molecule has 11 heteroatoms. The minimum Gasteiger partial charge on any atom is -0.383 e. The van der Waals surface area contributed by atoms with Crippen LogP contribution in [0.4, 0.5) is 23.7 Å². The molecule has 3 heterocycles. The summed E-state index contributed by atoms with van der Waals surface area (Å²) in [6.45, 7) is 0.789. The maximum absolute atomic E-state index is 13.4. The van der Waals surface area contributed by atoms with Crippen molar-refractivity contribution in [3.63, 3.8) is 0 Å². The van der Waals surface area contributed by atoms with Crippen molar-refractivity contribution in [2.75, 3.05) is 25.0 Å². The molecule has 1 fully saturated rings. The third-order valence-corrected chi connectivity index (χ3v) is 5.76. The van der Waals surface area contributed by atoms with E-state index in [1.807, 2.05) is 0 Å². The molecule has 2 amide bonds. The average Bonchev–Trinajstić information content (AvgIpc) is 2.66. The van der Waals surface area contributed by atoms with E-state index in [-0.39, 0.29) is 36.0 Å². The number of hydrogen-bond acceptors (Lipinski definition) is 4. The molecule has 1 aliphatic rings. The van der Waals surface area contributed by atoms with Crippen LogP contribution in [0.15, 0.2) is 42.6 Å². The molecule has 0 unspecified atom stereocenters. The summed E-state index contributed by atoms with van der Waals surface area (Å²) >= 11 is 12.1. The van der Waals surface area contributed by atoms with Crippen molar-refractivity contribution >= 4 is 45.8 Å². The molecule has 1 saturated heterocycles. The summed E-state index contributed by atoms with van der Waals surface area (Å²) in [4.78, 5) is 20.7. The van der Waals surface area contributed by atoms with Crippen molar-refractivity contribution in [2.45, 2.75) is 11.6 Å². The molecular weight excluding hydrogens is 454 g/mol. The number of pyridine rings is 2. The number of carbonyl (C=O) groups is 1. The fraction of sp³-hybridized carbons (Fsp3) is 0.250. The van der Waals surface area contributed by atoms with Gasteiger partial charge in [-0.3, -0.25) is 0 Å². The van der Waals surface area contributed by atoms with Gasteiger partial charge in [-0.05, 0) is 42.0 Å². The molecule has 0 radical (unpaired) electrons. The maximum Gasteiger partial charge on any atom is 0.433 e. The molecule has 4 rings (SSSR count). The van der Waals surface area contributed by atoms with Crippen molar-refractivity contribution in [2.24, 2.45) is 5.73 Å². The first-order valence-corrected chi connectivity index (χ1v) is 9.91. The molecule has 6 nitrogen and oxygen atoms in total. The highest BCUT2D eigenvalue weighted by Crippen LogP contribution is 2.38. The van der Waals surface area contributed by atoms with Crippen LogP contribution in [0.25, 0.3) is 10.9 Å². The summed E-state index contributed by atoms with van der Waals surface area (Å²) < 4.78 is 40.1. The van der Waals surface area contributed by atoms with Crippen molar-refractivity contribution in [3.8, 4) is 0 Å². The summed E-state index contributed by atoms with van der Waals surface area (Å²) in [6, 6.07) is 8.29. The van der Waals surface area contributed by atoms with E-state index in [2.05, 4.69) is 15.3 Å². The molecule has 3 aromatic rings. The normalized spacial score (nSPS) is 15.6. The van der Waals surface area contributed by atoms with Crippen LogP contribution in [0, 0.1) is 0 Å². The van der Waals surface area contributed by atoms with Crippen LogP contribution in [-0.4, -0.2) is 40.5 Å². The van der Waals surface area contributed by atoms with Crippen LogP contribution in [0.2, 0.25) is 10.2 Å². The molecule has 162 valence electrons. The number of carbonyl (C=O) groups excluding carboxylic acids is 1. The maximum atomic E-state index is 13.4. The molecule has 0 saturated carbocycles. The molecule has 1 aromatic carbocycles. The van der Waals surface area contributed by atoms with E-state index < -0.39 is 23.3 Å². The number of nitrogens with two attached hydrogens (primary N) is 1. The highest BCUT2D eigenvalue weighted by atomic mass is 35.5. The van der Waals surface area contributed by atoms with Crippen LogP contribution in [0.1, 0.15) is 11.3 Å². The van der Waals surface area contributed by atoms with E-state index in [1.54, 1.807) is 18.2 Å². The number of likely N-dealkylation sites (tertiary alicyclic amines) is 1. The predicted molar refractivity (Wildman–Crippen MR) is 112 cm³/mol. The smallest absolute Gasteiger partial charge is 0.383 e. The minimum atomic E-state index is -4.61. The topological polar surface area (TPSA) is 84.1 Å². The number of nitrogens with one attached hydrogen (secondary N) is 1. The van der Waals surface area contributed by atoms with Gasteiger partial charge in [-0.15, -0.1) is 0 Å². The number of aromatic nitrogens is 2. The standard InChI is InChI=1S/C20H16Cl2F3N5O/c21-12-1-2-14-13(6-12)15(7-16(29-14)20(23,24)25)28-8-19(9-30(10-19)18(26)31)11-3-4-27-17(22)5-11/h1-7H,8-10H2,(H2,26,31)(H,28,29). The number of alkyl halides is 3. The third-order valence-electron chi connectivity index (χ3n) is 5.32. The van der Waals surface area contributed by atoms with Crippen molar-refractivity contribution in [3.05, 3.63) is 64.0 Å². The number of benzene rings is 1. The number of rotatable bonds is 4. The Hall–Kier alpha value is -2.78. The Balaban J connectivity index is 1.72. The number of primary amides is 1. The molecule has 2 aromatic heterocycles. The van der Waals surface area contributed by atoms with Crippen LogP contribution < -0.4 is 11.1 Å². The van der Waals surface area contributed by atoms with Gasteiger partial charge in [0.2, 0.25) is 0 Å². The molecule has 3 N–H and O–H groups in total. The molecular formula is C20H16Cl2F3N5O. The van der Waals surface area contributed by atoms with Crippen molar-refractivity contribution < 1.29 is 18.0 Å². The first-order chi connectivity index (χ1) is 14.6. The molecule has 1 aliphatic heterocycles. The second-order valence-electron chi connectivity index (χ2n) is 7.41. The van der Waals surface area contributed by atoms with E-state index in [9.17, 15) is 18.0 Å². The predicted octanol–water partition coefficient (Wildman–Crippen LogP) is 4.70. The Morgan fingerprint density at radius 3 is 2.58 bits per heavy atom. The highest BCUT2D eigenvalue weighted by Gasteiger charge is 2.46. The van der Waals surface area contributed by atoms with Crippen molar-refractivity contribution in [1.82, 2.24) is 14.9 Å². The lowest BCUT2D eigenvalue weighted by atomic mass is 9.74. The number of nitrogens with zero attached hydrogens (tertiary/aromatic N) is 3. The lowest BCUT2D eigenvalue weighted by Crippen LogP contribution is -2.65. The Bertz CT molecular complexity index is 1170. The SMILES string of the molecule is NC(=O)N1CC(CNc2cc(C(F)(F)F)nc3ccc(Cl)cc23)(c2ccnc(Cl)c2)C1. The zero-order valence-electron chi connectivity index (χ0n) is 15.9. The van der Waals surface area contributed by atoms with E-state index in [0.29, 0.717) is 10.4 Å². The van der Waals surface area contributed by atoms with Gasteiger partial charge in [0.25, 0.3) is 0 Å². The molecule has 31 heavy (non-hydrogen) atoms. The van der Waals surface area contributed by atoms with Gasteiger partial charge < -0.3 is 16.0 Å². The molecule has 0 bridgehead atoms. The van der Waals surface area contributed by atoms with Crippen molar-refractivity contribution in [1.29, 1.82) is 0 Å². The highest BCUT2D eigenvalue weighted by molar-refractivity contribution is 6.31. The zero-order chi connectivity index (χ0) is 22.4. The van der Waals surface area contributed by atoms with Gasteiger partial charge in [0.1, 0.15) is 10.8 Å². The van der Waals surface area contributed by atoms with E-state index >= 15 is 0 Å². The fourth-order valence-corrected chi connectivity index (χ4v) is 4.07. The Kier molecular flexibility index (Phi) is 5.35. The largest absolute Gasteiger partial charge is 0.433 e. The summed E-state index contributed by atoms with van der Waals surface area (Å²) in [5, 5.41) is 4.20. The van der Waals surface area contributed by atoms with Gasteiger partial charge in [-0.2, -0.15) is 13.2 Å². The molecule has 0 atom stereocenters. The van der Waals surface area contributed by atoms with E-state index in [1.165, 1.54) is 23.2 Å². The second-order valence-corrected chi connectivity index (χ2v) is 8.23. The summed E-state index contributed by atoms with van der Waals surface area (Å²) in [5.74, 6) is 0. The van der Waals surface area contributed by atoms with Crippen LogP contribution in [0.3, 0.4) is 0 Å². The van der Waals surface area contributed by atoms with Crippen LogP contribution >= 0.6 is 23.2 Å². The summed E-state index contributed by atoms with van der Waals surface area (Å²) in [6.07, 6.45) is -3.07. The molecule has 0 aliphatic carbocycles. The second kappa shape index (κ2) is 7.72. The monoisotopic (exact) mass is 469 g/mol. The van der Waals surface area contributed by atoms with E-state index in [4.69, 9.17) is 28.9 Å². The van der Waals surface area contributed by atoms with Gasteiger partial charge in [0.05, 0.1) is 5.52 Å². The van der Waals surface area contributed by atoms with Crippen LogP contribution in [0.5, 0.6) is 0 Å². The first-order valence-electron chi connectivity index (χ1n) is 9.15. The average molecular weight is 470 g/mol. The number of amides is 2. The summed E-state index contributed by atoms with van der Waals surface area (Å²) in [7, 11) is 0. The quantitative estimate of drug-likeness (QED) is 0.542. The lowest BCUT2D eigenvalue weighted by molar-refractivity contribution is -0.140. The Morgan fingerprint density at radius 1 is 1.19 bits per heavy atom. The third kappa shape index (κ3) is 4.20. The number of urea groups is 1. The molecule has 0 spiro atoms. The first kappa shape index (κ1) is 21.5. The Labute approximate surface area is 185 Å². The number of anilines is 1. The zero-order valence-corrected chi connectivity index (χ0v) is 17.4. The van der Waals surface area contributed by atoms with Crippen LogP contribution in [-0.2, 0) is 11.6 Å². The lowest BCUT2D eigenvalue weighted by Gasteiger charge is -2.50. The number of halogens is 5. The van der Waals surface area contributed by atoms with E-state index in [0.717, 1.165) is 11.6 Å². The van der Waals surface area contributed by atoms with Gasteiger partial charge in [-0.25, -0.2) is 14.8 Å². The van der Waals surface area contributed by atoms with Gasteiger partial charge >= 0.3 is 12.2 Å². The Morgan fingerprint density at radius 2 is 1.94 bits per heavy atom. The number of fused-ring (bicyclic) bond motifs is 1. The summed E-state index contributed by atoms with van der Waals surface area (Å²) in [5.41, 5.74) is 4.95. The fourth-order valence-electron chi connectivity index (χ4n) is 3.72. The number of hydrogen-bond donors (Lipinski definition) is 2. The van der Waals surface area contributed by atoms with Gasteiger partial charge in [0.15, 0.2) is 0 Å².